The maximum atomic E-state index is 11.0. The normalized spacial score (nSPS) is 11.1. The van der Waals surface area contributed by atoms with Crippen molar-refractivity contribution in [2.24, 2.45) is 11.8 Å². The molecule has 2 atom stereocenters. The third kappa shape index (κ3) is 14.6. The van der Waals surface area contributed by atoms with Crippen LogP contribution in [0.3, 0.4) is 0 Å². The molecule has 2 aromatic rings. The number of benzene rings is 2. The molecule has 0 amide bonds. The zero-order chi connectivity index (χ0) is 29.3. The van der Waals surface area contributed by atoms with E-state index in [1.54, 1.807) is 26.0 Å². The predicted molar refractivity (Wildman–Crippen MR) is 147 cm³/mol. The van der Waals surface area contributed by atoms with Crippen molar-refractivity contribution in [1.29, 1.82) is 5.26 Å². The van der Waals surface area contributed by atoms with Gasteiger partial charge in [0.2, 0.25) is 0 Å². The van der Waals surface area contributed by atoms with Gasteiger partial charge in [0.05, 0.1) is 16.5 Å². The Hall–Kier alpha value is -3.93. The molecule has 0 saturated carbocycles. The number of aliphatic hydroxyl groups is 1. The van der Waals surface area contributed by atoms with Crippen LogP contribution in [-0.2, 0) is 14.3 Å². The van der Waals surface area contributed by atoms with Crippen LogP contribution >= 0.6 is 24.0 Å². The standard InChI is InChI=1S/C12H14N2O4S.C7H4N2O2S.C5H10O2/c1-8(9(2)15)7-18-12(19)13-10-3-5-11(6-4-10)14(16)17;8-5-12-7-3-1-6(2-4-7)9(10)11;1-4(3-6)5(2)7/h3-6,8H,7H2,1-2H3,(H,13,19);1-4H;4,6H,3H2,1-2H3. The van der Waals surface area contributed by atoms with Crippen molar-refractivity contribution < 1.29 is 29.3 Å². The Labute approximate surface area is 229 Å². The monoisotopic (exact) mass is 564 g/mol. The lowest BCUT2D eigenvalue weighted by atomic mass is 10.1. The molecule has 0 aliphatic carbocycles. The number of carbonyl (C=O) groups excluding carboxylic acids is 2. The van der Waals surface area contributed by atoms with E-state index in [4.69, 9.17) is 27.3 Å². The Morgan fingerprint density at radius 2 is 1.45 bits per heavy atom. The summed E-state index contributed by atoms with van der Waals surface area (Å²) in [5, 5.41) is 42.0. The smallest absolute Gasteiger partial charge is 0.269 e. The highest BCUT2D eigenvalue weighted by atomic mass is 32.2. The summed E-state index contributed by atoms with van der Waals surface area (Å²) in [4.78, 5) is 41.7. The molecule has 0 fully saturated rings. The van der Waals surface area contributed by atoms with E-state index < -0.39 is 9.85 Å². The summed E-state index contributed by atoms with van der Waals surface area (Å²) in [7, 11) is 0. The third-order valence-electron chi connectivity index (χ3n) is 4.66. The highest BCUT2D eigenvalue weighted by Crippen LogP contribution is 2.20. The van der Waals surface area contributed by atoms with Crippen molar-refractivity contribution in [1.82, 2.24) is 0 Å². The highest BCUT2D eigenvalue weighted by Gasteiger charge is 2.10. The number of nitriles is 1. The Morgan fingerprint density at radius 3 is 1.79 bits per heavy atom. The number of nitro benzene ring substituents is 2. The van der Waals surface area contributed by atoms with Gasteiger partial charge >= 0.3 is 0 Å². The number of thiocyanates is 1. The number of nitrogens with one attached hydrogen (secondary N) is 1. The zero-order valence-corrected chi connectivity index (χ0v) is 22.8. The number of hydrogen-bond donors (Lipinski definition) is 2. The van der Waals surface area contributed by atoms with Gasteiger partial charge in [-0.15, -0.1) is 0 Å². The summed E-state index contributed by atoms with van der Waals surface area (Å²) in [5.74, 6) is -0.336. The number of nitrogens with zero attached hydrogens (tertiary/aromatic N) is 3. The lowest BCUT2D eigenvalue weighted by molar-refractivity contribution is -0.385. The number of nitro groups is 2. The maximum absolute atomic E-state index is 11.0. The molecule has 0 aliphatic rings. The van der Waals surface area contributed by atoms with Gasteiger partial charge in [0.1, 0.15) is 23.6 Å². The minimum absolute atomic E-state index is 0.00240. The number of thioether (sulfide) groups is 1. The lowest BCUT2D eigenvalue weighted by Gasteiger charge is -2.12. The number of aliphatic hydroxyl groups excluding tert-OH is 1. The average molecular weight is 565 g/mol. The Balaban J connectivity index is 0.000000612. The molecule has 2 unspecified atom stereocenters. The molecule has 38 heavy (non-hydrogen) atoms. The van der Waals surface area contributed by atoms with Crippen molar-refractivity contribution >= 4 is 57.8 Å². The van der Waals surface area contributed by atoms with E-state index in [0.29, 0.717) is 10.6 Å². The summed E-state index contributed by atoms with van der Waals surface area (Å²) >= 11 is 5.93. The third-order valence-corrected chi connectivity index (χ3v) is 5.48. The van der Waals surface area contributed by atoms with Crippen LogP contribution in [0, 0.1) is 42.7 Å². The van der Waals surface area contributed by atoms with Gasteiger partial charge < -0.3 is 15.2 Å². The van der Waals surface area contributed by atoms with Gasteiger partial charge in [0.15, 0.2) is 0 Å². The quantitative estimate of drug-likeness (QED) is 0.138. The van der Waals surface area contributed by atoms with Crippen molar-refractivity contribution in [3.63, 3.8) is 0 Å². The molecule has 0 bridgehead atoms. The van der Waals surface area contributed by atoms with E-state index in [-0.39, 0.29) is 53.2 Å². The number of non-ortho nitro benzene ring substituents is 2. The van der Waals surface area contributed by atoms with E-state index in [2.05, 4.69) is 5.32 Å². The van der Waals surface area contributed by atoms with Gasteiger partial charge in [-0.1, -0.05) is 13.8 Å². The van der Waals surface area contributed by atoms with E-state index in [1.807, 2.05) is 5.40 Å². The minimum atomic E-state index is -0.479. The summed E-state index contributed by atoms with van der Waals surface area (Å²) in [6, 6.07) is 11.6. The first kappa shape index (κ1) is 34.1. The number of rotatable bonds is 9. The SMILES string of the molecule is CC(=O)C(C)CO.CC(=O)C(C)COC(=S)Nc1ccc([N+](=O)[O-])cc1.N#CSc1ccc([N+](=O)[O-])cc1. The van der Waals surface area contributed by atoms with Crippen LogP contribution in [0.15, 0.2) is 53.4 Å². The summed E-state index contributed by atoms with van der Waals surface area (Å²) in [6.45, 7) is 6.57. The van der Waals surface area contributed by atoms with Gasteiger partial charge in [0.25, 0.3) is 16.5 Å². The molecule has 2 N–H and O–H groups in total. The molecule has 0 heterocycles. The predicted octanol–water partition coefficient (Wildman–Crippen LogP) is 4.91. The second-order valence-electron chi connectivity index (χ2n) is 7.68. The number of ether oxygens (including phenoxy) is 1. The van der Waals surface area contributed by atoms with Gasteiger partial charge in [-0.25, -0.2) is 0 Å². The number of thiocarbonyl (C=S) groups is 1. The summed E-state index contributed by atoms with van der Waals surface area (Å²) in [5.41, 5.74) is 0.631. The number of carbonyl (C=O) groups is 2. The summed E-state index contributed by atoms with van der Waals surface area (Å²) < 4.78 is 5.21. The number of anilines is 1. The van der Waals surface area contributed by atoms with E-state index in [9.17, 15) is 29.8 Å². The van der Waals surface area contributed by atoms with Gasteiger partial charge in [-0.05, 0) is 62.1 Å². The number of hydrogen-bond acceptors (Lipinski definition) is 11. The summed E-state index contributed by atoms with van der Waals surface area (Å²) in [6.07, 6.45) is 0. The van der Waals surface area contributed by atoms with Crippen LogP contribution in [0.1, 0.15) is 27.7 Å². The van der Waals surface area contributed by atoms with Gasteiger partial charge in [-0.3, -0.25) is 29.8 Å². The largest absolute Gasteiger partial charge is 0.470 e. The van der Waals surface area contributed by atoms with E-state index in [1.165, 1.54) is 50.2 Å². The van der Waals surface area contributed by atoms with E-state index >= 15 is 0 Å². The second-order valence-corrected chi connectivity index (χ2v) is 8.91. The van der Waals surface area contributed by atoms with Gasteiger partial charge in [-0.2, -0.15) is 5.26 Å². The van der Waals surface area contributed by atoms with Crippen molar-refractivity contribution in [3.05, 3.63) is 68.8 Å². The molecule has 0 spiro atoms. The van der Waals surface area contributed by atoms with Crippen molar-refractivity contribution in [3.8, 4) is 5.40 Å². The molecular formula is C24H28N4O8S2. The molecule has 0 aromatic heterocycles. The maximum Gasteiger partial charge on any atom is 0.269 e. The number of ketones is 2. The van der Waals surface area contributed by atoms with Crippen LogP contribution in [-0.4, -0.2) is 44.9 Å². The Bertz CT molecular complexity index is 1140. The fraction of sp³-hybridized carbons (Fsp3) is 0.333. The molecular weight excluding hydrogens is 536 g/mol. The van der Waals surface area contributed by atoms with Crippen molar-refractivity contribution in [2.45, 2.75) is 32.6 Å². The van der Waals surface area contributed by atoms with E-state index in [0.717, 1.165) is 11.8 Å². The molecule has 0 aliphatic heterocycles. The molecule has 2 rings (SSSR count). The molecule has 0 saturated heterocycles. The molecule has 2 aromatic carbocycles. The minimum Gasteiger partial charge on any atom is -0.470 e. The average Bonchev–Trinajstić information content (AvgIpc) is 2.88. The van der Waals surface area contributed by atoms with Crippen LogP contribution < -0.4 is 5.32 Å². The fourth-order valence-corrected chi connectivity index (χ4v) is 2.52. The van der Waals surface area contributed by atoms with Crippen LogP contribution in [0.25, 0.3) is 0 Å². The first-order valence-electron chi connectivity index (χ1n) is 10.9. The Kier molecular flexibility index (Phi) is 16.4. The van der Waals surface area contributed by atoms with Crippen LogP contribution in [0.5, 0.6) is 0 Å². The topological polar surface area (TPSA) is 186 Å². The first-order chi connectivity index (χ1) is 17.8. The van der Waals surface area contributed by atoms with Gasteiger partial charge in [0, 0.05) is 46.7 Å². The molecule has 204 valence electrons. The van der Waals surface area contributed by atoms with Crippen molar-refractivity contribution in [2.75, 3.05) is 18.5 Å². The molecule has 0 radical (unpaired) electrons. The highest BCUT2D eigenvalue weighted by molar-refractivity contribution is 8.03. The fourth-order valence-electron chi connectivity index (χ4n) is 1.96. The Morgan fingerprint density at radius 1 is 1.00 bits per heavy atom. The number of Topliss-reactive ketones (excluding diaryl/α,β-unsaturated/α-hetero) is 2. The lowest BCUT2D eigenvalue weighted by Crippen LogP contribution is -2.20. The van der Waals surface area contributed by atoms with Crippen LogP contribution in [0.2, 0.25) is 0 Å². The second kappa shape index (κ2) is 18.3. The zero-order valence-electron chi connectivity index (χ0n) is 21.2. The van der Waals surface area contributed by atoms with Crippen LogP contribution in [0.4, 0.5) is 17.1 Å². The first-order valence-corrected chi connectivity index (χ1v) is 12.1. The molecule has 12 nitrogen and oxygen atoms in total. The molecule has 14 heteroatoms.